The van der Waals surface area contributed by atoms with Crippen LogP contribution in [0, 0.1) is 0 Å². The number of nitrogens with one attached hydrogen (secondary N) is 1. The molecule has 0 bridgehead atoms. The van der Waals surface area contributed by atoms with Gasteiger partial charge in [0.15, 0.2) is 0 Å². The smallest absolute Gasteiger partial charge is 0.140 e. The summed E-state index contributed by atoms with van der Waals surface area (Å²) in [6.45, 7) is 3.47. The molecular formula is C20H24ClN3O. The van der Waals surface area contributed by atoms with Gasteiger partial charge in [-0.1, -0.05) is 35.9 Å². The van der Waals surface area contributed by atoms with Crippen LogP contribution in [0.5, 0.6) is 0 Å². The molecular weight excluding hydrogens is 334 g/mol. The van der Waals surface area contributed by atoms with E-state index in [1.54, 1.807) is 16.8 Å². The van der Waals surface area contributed by atoms with Gasteiger partial charge in [-0.05, 0) is 57.0 Å². The van der Waals surface area contributed by atoms with E-state index in [-0.39, 0.29) is 5.76 Å². The zero-order valence-corrected chi connectivity index (χ0v) is 15.2. The van der Waals surface area contributed by atoms with Crippen molar-refractivity contribution in [1.82, 2.24) is 15.1 Å². The molecule has 0 saturated carbocycles. The van der Waals surface area contributed by atoms with Crippen LogP contribution >= 0.6 is 11.6 Å². The van der Waals surface area contributed by atoms with E-state index in [0.717, 1.165) is 29.4 Å². The third-order valence-electron chi connectivity index (χ3n) is 4.39. The van der Waals surface area contributed by atoms with Crippen LogP contribution < -0.4 is 5.32 Å². The molecule has 5 heteroatoms. The van der Waals surface area contributed by atoms with Crippen LogP contribution in [-0.4, -0.2) is 27.5 Å². The van der Waals surface area contributed by atoms with Crippen molar-refractivity contribution in [1.29, 1.82) is 0 Å². The molecule has 0 radical (unpaired) electrons. The van der Waals surface area contributed by atoms with Crippen molar-refractivity contribution in [3.63, 3.8) is 0 Å². The van der Waals surface area contributed by atoms with E-state index in [0.29, 0.717) is 11.6 Å². The van der Waals surface area contributed by atoms with Crippen LogP contribution in [0.15, 0.2) is 48.3 Å². The summed E-state index contributed by atoms with van der Waals surface area (Å²) >= 11 is 6.41. The first kappa shape index (κ1) is 17.8. The predicted octanol–water partition coefficient (Wildman–Crippen LogP) is 4.66. The number of aliphatic hydroxyl groups is 1. The fraction of sp³-hybridized carbons (Fsp3) is 0.350. The summed E-state index contributed by atoms with van der Waals surface area (Å²) in [5.74, 6) is 0.263. The molecule has 0 aromatic carbocycles. The maximum atomic E-state index is 9.48. The quantitative estimate of drug-likeness (QED) is 0.768. The van der Waals surface area contributed by atoms with E-state index >= 15 is 0 Å². The van der Waals surface area contributed by atoms with Crippen LogP contribution in [0.1, 0.15) is 37.4 Å². The van der Waals surface area contributed by atoms with Crippen molar-refractivity contribution in [2.24, 2.45) is 0 Å². The maximum absolute atomic E-state index is 9.48. The molecule has 1 aliphatic heterocycles. The molecule has 0 spiro atoms. The van der Waals surface area contributed by atoms with Crippen LogP contribution in [-0.2, 0) is 6.42 Å². The molecule has 1 saturated heterocycles. The monoisotopic (exact) mass is 357 g/mol. The highest BCUT2D eigenvalue weighted by molar-refractivity contribution is 6.31. The fourth-order valence-electron chi connectivity index (χ4n) is 2.97. The largest absolute Gasteiger partial charge is 0.508 e. The van der Waals surface area contributed by atoms with Crippen LogP contribution in [0.2, 0.25) is 5.15 Å². The second-order valence-electron chi connectivity index (χ2n) is 6.38. The molecule has 1 aromatic heterocycles. The highest BCUT2D eigenvalue weighted by atomic mass is 35.5. The van der Waals surface area contributed by atoms with Gasteiger partial charge in [-0.25, -0.2) is 4.68 Å². The molecule has 25 heavy (non-hydrogen) atoms. The minimum Gasteiger partial charge on any atom is -0.508 e. The van der Waals surface area contributed by atoms with Crippen molar-refractivity contribution in [3.05, 3.63) is 64.7 Å². The molecule has 132 valence electrons. The molecule has 3 aliphatic rings. The third-order valence-corrected chi connectivity index (χ3v) is 4.75. The zero-order chi connectivity index (χ0) is 17.6. The Morgan fingerprint density at radius 2 is 2.12 bits per heavy atom. The number of hydrogen-bond donors (Lipinski definition) is 2. The minimum absolute atomic E-state index is 0.263. The molecule has 1 fully saturated rings. The van der Waals surface area contributed by atoms with Gasteiger partial charge >= 0.3 is 0 Å². The Hall–Kier alpha value is -2.04. The number of hydrogen-bond acceptors (Lipinski definition) is 3. The highest BCUT2D eigenvalue weighted by Gasteiger charge is 2.16. The predicted molar refractivity (Wildman–Crippen MR) is 105 cm³/mol. The zero-order valence-electron chi connectivity index (χ0n) is 14.5. The fourth-order valence-corrected chi connectivity index (χ4v) is 3.28. The molecule has 2 aliphatic carbocycles. The molecule has 0 amide bonds. The minimum atomic E-state index is 0.263. The Bertz CT molecular complexity index is 762. The van der Waals surface area contributed by atoms with Crippen molar-refractivity contribution in [2.75, 3.05) is 6.54 Å². The average molecular weight is 358 g/mol. The van der Waals surface area contributed by atoms with Crippen LogP contribution in [0.25, 0.3) is 11.8 Å². The molecule has 2 heterocycles. The summed E-state index contributed by atoms with van der Waals surface area (Å²) in [6.07, 6.45) is 19.4. The van der Waals surface area contributed by atoms with Crippen molar-refractivity contribution in [3.8, 4) is 0 Å². The lowest BCUT2D eigenvalue weighted by molar-refractivity contribution is 0.431. The summed E-state index contributed by atoms with van der Waals surface area (Å²) < 4.78 is 1.72. The number of aliphatic hydroxyl groups excluding tert-OH is 1. The number of fused-ring (bicyclic) bond motifs is 1. The first-order chi connectivity index (χ1) is 12.1. The Kier molecular flexibility index (Phi) is 5.95. The standard InChI is InChI=1S/C15H13ClN2O.C5H11N/c16-15-13-7-2-1-3-8-14(13)17-18(15)11-5-4-6-12(19)10-9-11;1-5-3-2-4-6-5/h1-3,5-7,9-10,19H,4,8H2;5-6H,2-4H2,1H3/t;5-/m.0/s1. The first-order valence-electron chi connectivity index (χ1n) is 8.77. The SMILES string of the molecule is C[C@H]1CCCN1.OC1=CCC=C(n2nc3c(c2Cl)C=CC=CC3)C=C1. The number of allylic oxidation sites excluding steroid dienone is 8. The van der Waals surface area contributed by atoms with Gasteiger partial charge in [0.05, 0.1) is 11.4 Å². The Morgan fingerprint density at radius 3 is 2.84 bits per heavy atom. The lowest BCUT2D eigenvalue weighted by Gasteiger charge is -2.03. The van der Waals surface area contributed by atoms with Gasteiger partial charge in [0, 0.05) is 18.0 Å². The Balaban J connectivity index is 0.000000258. The average Bonchev–Trinajstić information content (AvgIpc) is 3.02. The number of rotatable bonds is 1. The lowest BCUT2D eigenvalue weighted by Crippen LogP contribution is -2.16. The normalized spacial score (nSPS) is 21.6. The molecule has 1 atom stereocenters. The van der Waals surface area contributed by atoms with E-state index < -0.39 is 0 Å². The van der Waals surface area contributed by atoms with Gasteiger partial charge in [-0.3, -0.25) is 0 Å². The van der Waals surface area contributed by atoms with E-state index in [1.807, 2.05) is 30.4 Å². The number of aromatic nitrogens is 2. The topological polar surface area (TPSA) is 50.1 Å². The molecule has 0 unspecified atom stereocenters. The maximum Gasteiger partial charge on any atom is 0.140 e. The van der Waals surface area contributed by atoms with Gasteiger partial charge in [0.2, 0.25) is 0 Å². The van der Waals surface area contributed by atoms with E-state index in [4.69, 9.17) is 11.6 Å². The molecule has 4 rings (SSSR count). The van der Waals surface area contributed by atoms with Gasteiger partial charge in [0.1, 0.15) is 10.9 Å². The van der Waals surface area contributed by atoms with Crippen molar-refractivity contribution >= 4 is 23.4 Å². The summed E-state index contributed by atoms with van der Waals surface area (Å²) in [6, 6.07) is 0.796. The van der Waals surface area contributed by atoms with Gasteiger partial charge in [-0.15, -0.1) is 0 Å². The summed E-state index contributed by atoms with van der Waals surface area (Å²) in [7, 11) is 0. The van der Waals surface area contributed by atoms with E-state index in [1.165, 1.54) is 19.4 Å². The number of halogens is 1. The number of nitrogens with zero attached hydrogens (tertiary/aromatic N) is 2. The summed E-state index contributed by atoms with van der Waals surface area (Å²) in [5, 5.41) is 18.0. The third kappa shape index (κ3) is 4.53. The molecule has 2 N–H and O–H groups in total. The van der Waals surface area contributed by atoms with Crippen molar-refractivity contribution < 1.29 is 5.11 Å². The van der Waals surface area contributed by atoms with Gasteiger partial charge in [0.25, 0.3) is 0 Å². The Labute approximate surface area is 153 Å². The summed E-state index contributed by atoms with van der Waals surface area (Å²) in [5.41, 5.74) is 2.80. The highest BCUT2D eigenvalue weighted by Crippen LogP contribution is 2.28. The van der Waals surface area contributed by atoms with Crippen LogP contribution in [0.4, 0.5) is 0 Å². The second kappa shape index (κ2) is 8.37. The lowest BCUT2D eigenvalue weighted by atomic mass is 10.2. The van der Waals surface area contributed by atoms with E-state index in [9.17, 15) is 5.11 Å². The molecule has 1 aromatic rings. The Morgan fingerprint density at radius 1 is 1.24 bits per heavy atom. The van der Waals surface area contributed by atoms with Crippen LogP contribution in [0.3, 0.4) is 0 Å². The summed E-state index contributed by atoms with van der Waals surface area (Å²) in [4.78, 5) is 0. The van der Waals surface area contributed by atoms with Gasteiger partial charge < -0.3 is 10.4 Å². The second-order valence-corrected chi connectivity index (χ2v) is 6.74. The first-order valence-corrected chi connectivity index (χ1v) is 9.14. The van der Waals surface area contributed by atoms with Crippen molar-refractivity contribution in [2.45, 2.75) is 38.6 Å². The molecule has 4 nitrogen and oxygen atoms in total. The van der Waals surface area contributed by atoms with Gasteiger partial charge in [-0.2, -0.15) is 5.10 Å². The van der Waals surface area contributed by atoms with E-state index in [2.05, 4.69) is 23.4 Å².